The molecule has 0 amide bonds. The van der Waals surface area contributed by atoms with Crippen molar-refractivity contribution in [1.82, 2.24) is 5.32 Å². The molecule has 114 valence electrons. The molecule has 6 heteroatoms. The van der Waals surface area contributed by atoms with Gasteiger partial charge >= 0.3 is 0 Å². The number of hydrogen-bond donors (Lipinski definition) is 2. The molecule has 0 aliphatic heterocycles. The van der Waals surface area contributed by atoms with Gasteiger partial charge in [0.05, 0.1) is 7.11 Å². The molecule has 0 aliphatic carbocycles. The summed E-state index contributed by atoms with van der Waals surface area (Å²) in [5.74, 6) is 1.45. The SMILES string of the molecule is CCCN=C(N)NCCCc1ccc(Br)cc1OC.I. The van der Waals surface area contributed by atoms with E-state index >= 15 is 0 Å². The number of hydrogen-bond acceptors (Lipinski definition) is 2. The van der Waals surface area contributed by atoms with Crippen molar-refractivity contribution < 1.29 is 4.74 Å². The van der Waals surface area contributed by atoms with E-state index in [9.17, 15) is 0 Å². The van der Waals surface area contributed by atoms with Crippen molar-refractivity contribution in [3.63, 3.8) is 0 Å². The van der Waals surface area contributed by atoms with E-state index in [0.29, 0.717) is 5.96 Å². The zero-order chi connectivity index (χ0) is 14.1. The fourth-order valence-corrected chi connectivity index (χ4v) is 2.05. The first-order valence-corrected chi connectivity index (χ1v) is 7.33. The van der Waals surface area contributed by atoms with Crippen molar-refractivity contribution in [3.05, 3.63) is 28.2 Å². The lowest BCUT2D eigenvalue weighted by molar-refractivity contribution is 0.409. The summed E-state index contributed by atoms with van der Waals surface area (Å²) in [6.07, 6.45) is 2.95. The molecule has 3 N–H and O–H groups in total. The largest absolute Gasteiger partial charge is 0.496 e. The molecule has 0 atom stereocenters. The van der Waals surface area contributed by atoms with Gasteiger partial charge < -0.3 is 15.8 Å². The minimum atomic E-state index is 0. The fraction of sp³-hybridized carbons (Fsp3) is 0.500. The zero-order valence-corrected chi connectivity index (χ0v) is 15.9. The number of methoxy groups -OCH3 is 1. The van der Waals surface area contributed by atoms with E-state index in [-0.39, 0.29) is 24.0 Å². The molecule has 0 aliphatic rings. The summed E-state index contributed by atoms with van der Waals surface area (Å²) in [7, 11) is 1.69. The van der Waals surface area contributed by atoms with E-state index in [4.69, 9.17) is 10.5 Å². The number of halogens is 2. The normalized spacial score (nSPS) is 10.8. The molecule has 0 heterocycles. The van der Waals surface area contributed by atoms with E-state index < -0.39 is 0 Å². The molecule has 1 aromatic carbocycles. The topological polar surface area (TPSA) is 59.6 Å². The number of aliphatic imine (C=N–C) groups is 1. The van der Waals surface area contributed by atoms with Gasteiger partial charge in [-0.3, -0.25) is 4.99 Å². The first-order chi connectivity index (χ1) is 9.17. The van der Waals surface area contributed by atoms with Gasteiger partial charge in [0.1, 0.15) is 5.75 Å². The van der Waals surface area contributed by atoms with Crippen LogP contribution in [0, 0.1) is 0 Å². The van der Waals surface area contributed by atoms with Crippen LogP contribution in [0.4, 0.5) is 0 Å². The second kappa shape index (κ2) is 11.2. The smallest absolute Gasteiger partial charge is 0.188 e. The molecule has 1 rings (SSSR count). The van der Waals surface area contributed by atoms with Gasteiger partial charge in [-0.25, -0.2) is 0 Å². The van der Waals surface area contributed by atoms with Crippen LogP contribution in [0.3, 0.4) is 0 Å². The maximum absolute atomic E-state index is 5.72. The number of nitrogens with zero attached hydrogens (tertiary/aromatic N) is 1. The Hall–Kier alpha value is -0.500. The molecule has 0 fully saturated rings. The van der Waals surface area contributed by atoms with Crippen molar-refractivity contribution >= 4 is 45.9 Å². The van der Waals surface area contributed by atoms with Gasteiger partial charge in [-0.15, -0.1) is 24.0 Å². The Labute approximate surface area is 146 Å². The summed E-state index contributed by atoms with van der Waals surface area (Å²) in [6, 6.07) is 6.10. The van der Waals surface area contributed by atoms with Gasteiger partial charge in [0.2, 0.25) is 0 Å². The minimum Gasteiger partial charge on any atom is -0.496 e. The third-order valence-corrected chi connectivity index (χ3v) is 3.18. The molecule has 0 spiro atoms. The Morgan fingerprint density at radius 3 is 2.85 bits per heavy atom. The van der Waals surface area contributed by atoms with Crippen LogP contribution in [0.15, 0.2) is 27.7 Å². The predicted molar refractivity (Wildman–Crippen MR) is 99.2 cm³/mol. The third-order valence-electron chi connectivity index (χ3n) is 2.68. The van der Waals surface area contributed by atoms with Crippen molar-refractivity contribution in [1.29, 1.82) is 0 Å². The highest BCUT2D eigenvalue weighted by Crippen LogP contribution is 2.24. The van der Waals surface area contributed by atoms with Crippen LogP contribution in [-0.2, 0) is 6.42 Å². The Kier molecular flexibility index (Phi) is 10.9. The molecular formula is C14H23BrIN3O. The molecule has 0 unspecified atom stereocenters. The lowest BCUT2D eigenvalue weighted by Crippen LogP contribution is -2.32. The van der Waals surface area contributed by atoms with E-state index in [1.165, 1.54) is 5.56 Å². The lowest BCUT2D eigenvalue weighted by Gasteiger charge is -2.09. The molecule has 0 radical (unpaired) electrons. The summed E-state index contributed by atoms with van der Waals surface area (Å²) < 4.78 is 6.39. The van der Waals surface area contributed by atoms with Gasteiger partial charge in [-0.1, -0.05) is 28.9 Å². The molecule has 1 aromatic rings. The van der Waals surface area contributed by atoms with Crippen LogP contribution in [-0.4, -0.2) is 26.2 Å². The first-order valence-electron chi connectivity index (χ1n) is 6.53. The summed E-state index contributed by atoms with van der Waals surface area (Å²) in [6.45, 7) is 3.67. The molecule has 0 saturated heterocycles. The Balaban J connectivity index is 0.00000361. The Morgan fingerprint density at radius 2 is 2.20 bits per heavy atom. The minimum absolute atomic E-state index is 0. The molecule has 0 aromatic heterocycles. The lowest BCUT2D eigenvalue weighted by atomic mass is 10.1. The van der Waals surface area contributed by atoms with Gasteiger partial charge in [0, 0.05) is 17.6 Å². The summed E-state index contributed by atoms with van der Waals surface area (Å²) in [5.41, 5.74) is 6.93. The summed E-state index contributed by atoms with van der Waals surface area (Å²) >= 11 is 3.44. The van der Waals surface area contributed by atoms with Crippen LogP contribution in [0.5, 0.6) is 5.75 Å². The molecular weight excluding hydrogens is 433 g/mol. The maximum Gasteiger partial charge on any atom is 0.188 e. The number of benzene rings is 1. The first kappa shape index (κ1) is 19.5. The monoisotopic (exact) mass is 455 g/mol. The van der Waals surface area contributed by atoms with Crippen LogP contribution in [0.2, 0.25) is 0 Å². The Bertz CT molecular complexity index is 427. The van der Waals surface area contributed by atoms with Crippen molar-refractivity contribution in [3.8, 4) is 5.75 Å². The van der Waals surface area contributed by atoms with Crippen molar-refractivity contribution in [2.75, 3.05) is 20.2 Å². The van der Waals surface area contributed by atoms with E-state index in [0.717, 1.165) is 42.6 Å². The van der Waals surface area contributed by atoms with Gasteiger partial charge in [0.15, 0.2) is 5.96 Å². The predicted octanol–water partition coefficient (Wildman–Crippen LogP) is 3.32. The number of aryl methyl sites for hydroxylation is 1. The third kappa shape index (κ3) is 7.33. The quantitative estimate of drug-likeness (QED) is 0.287. The van der Waals surface area contributed by atoms with E-state index in [2.05, 4.69) is 39.2 Å². The van der Waals surface area contributed by atoms with Crippen LogP contribution < -0.4 is 15.8 Å². The second-order valence-corrected chi connectivity index (χ2v) is 5.17. The average Bonchev–Trinajstić information content (AvgIpc) is 2.42. The molecule has 4 nitrogen and oxygen atoms in total. The van der Waals surface area contributed by atoms with Crippen LogP contribution in [0.1, 0.15) is 25.3 Å². The number of nitrogens with one attached hydrogen (secondary N) is 1. The fourth-order valence-electron chi connectivity index (χ4n) is 1.71. The molecule has 0 bridgehead atoms. The van der Waals surface area contributed by atoms with Gasteiger partial charge in [0.25, 0.3) is 0 Å². The Morgan fingerprint density at radius 1 is 1.45 bits per heavy atom. The molecule has 20 heavy (non-hydrogen) atoms. The van der Waals surface area contributed by atoms with Gasteiger partial charge in [-0.05, 0) is 37.0 Å². The van der Waals surface area contributed by atoms with E-state index in [1.54, 1.807) is 7.11 Å². The molecule has 0 saturated carbocycles. The number of ether oxygens (including phenoxy) is 1. The number of nitrogens with two attached hydrogens (primary N) is 1. The van der Waals surface area contributed by atoms with Gasteiger partial charge in [-0.2, -0.15) is 0 Å². The standard InChI is InChI=1S/C14H22BrN3O.HI/c1-3-8-17-14(16)18-9-4-5-11-6-7-12(15)10-13(11)19-2;/h6-7,10H,3-5,8-9H2,1-2H3,(H3,16,17,18);1H. The highest BCUT2D eigenvalue weighted by atomic mass is 127. The maximum atomic E-state index is 5.72. The van der Waals surface area contributed by atoms with Crippen LogP contribution >= 0.6 is 39.9 Å². The highest BCUT2D eigenvalue weighted by Gasteiger charge is 2.03. The highest BCUT2D eigenvalue weighted by molar-refractivity contribution is 14.0. The van der Waals surface area contributed by atoms with Crippen molar-refractivity contribution in [2.45, 2.75) is 26.2 Å². The number of guanidine groups is 1. The second-order valence-electron chi connectivity index (χ2n) is 4.25. The van der Waals surface area contributed by atoms with Crippen LogP contribution in [0.25, 0.3) is 0 Å². The van der Waals surface area contributed by atoms with Crippen molar-refractivity contribution in [2.24, 2.45) is 10.7 Å². The van der Waals surface area contributed by atoms with E-state index in [1.807, 2.05) is 12.1 Å². The average molecular weight is 456 g/mol. The zero-order valence-electron chi connectivity index (χ0n) is 12.0. The summed E-state index contributed by atoms with van der Waals surface area (Å²) in [4.78, 5) is 4.18. The summed E-state index contributed by atoms with van der Waals surface area (Å²) in [5, 5.41) is 3.11. The number of rotatable bonds is 7.